The standard InChI is InChI=1S/C19H30N2O2/c1-5-23-17-8-6-16(7-9-17)14-18(22)21-12-10-20(11-13-21)15-19(2,3)4/h6-9H,5,10-15H2,1-4H3. The van der Waals surface area contributed by atoms with Crippen molar-refractivity contribution >= 4 is 5.91 Å². The highest BCUT2D eigenvalue weighted by Crippen LogP contribution is 2.17. The summed E-state index contributed by atoms with van der Waals surface area (Å²) >= 11 is 0. The lowest BCUT2D eigenvalue weighted by Crippen LogP contribution is -2.50. The van der Waals surface area contributed by atoms with Crippen molar-refractivity contribution in [1.82, 2.24) is 9.80 Å². The molecule has 0 bridgehead atoms. The predicted molar refractivity (Wildman–Crippen MR) is 93.8 cm³/mol. The van der Waals surface area contributed by atoms with Gasteiger partial charge in [-0.1, -0.05) is 32.9 Å². The van der Waals surface area contributed by atoms with E-state index >= 15 is 0 Å². The summed E-state index contributed by atoms with van der Waals surface area (Å²) in [7, 11) is 0. The highest BCUT2D eigenvalue weighted by atomic mass is 16.5. The summed E-state index contributed by atoms with van der Waals surface area (Å²) in [5, 5.41) is 0. The van der Waals surface area contributed by atoms with Crippen LogP contribution in [-0.2, 0) is 11.2 Å². The Bertz CT molecular complexity index is 497. The molecule has 0 aliphatic carbocycles. The van der Waals surface area contributed by atoms with Gasteiger partial charge in [0.15, 0.2) is 0 Å². The molecule has 0 aromatic heterocycles. The maximum absolute atomic E-state index is 12.4. The number of benzene rings is 1. The molecule has 128 valence electrons. The van der Waals surface area contributed by atoms with Crippen LogP contribution in [0.1, 0.15) is 33.3 Å². The van der Waals surface area contributed by atoms with Crippen molar-refractivity contribution in [2.75, 3.05) is 39.3 Å². The van der Waals surface area contributed by atoms with Gasteiger partial charge in [-0.25, -0.2) is 0 Å². The van der Waals surface area contributed by atoms with E-state index in [1.54, 1.807) is 0 Å². The van der Waals surface area contributed by atoms with Crippen LogP contribution >= 0.6 is 0 Å². The maximum atomic E-state index is 12.4. The molecule has 0 unspecified atom stereocenters. The number of carbonyl (C=O) groups is 1. The Morgan fingerprint density at radius 2 is 1.70 bits per heavy atom. The third-order valence-corrected chi connectivity index (χ3v) is 4.01. The summed E-state index contributed by atoms with van der Waals surface area (Å²) in [6.45, 7) is 14.1. The Labute approximate surface area is 140 Å². The smallest absolute Gasteiger partial charge is 0.227 e. The highest BCUT2D eigenvalue weighted by Gasteiger charge is 2.24. The van der Waals surface area contributed by atoms with E-state index in [2.05, 4.69) is 25.7 Å². The molecule has 2 rings (SSSR count). The molecule has 0 atom stereocenters. The van der Waals surface area contributed by atoms with E-state index in [4.69, 9.17) is 4.74 Å². The minimum absolute atomic E-state index is 0.226. The van der Waals surface area contributed by atoms with Crippen molar-refractivity contribution in [2.24, 2.45) is 5.41 Å². The van der Waals surface area contributed by atoms with Crippen LogP contribution in [0.5, 0.6) is 5.75 Å². The highest BCUT2D eigenvalue weighted by molar-refractivity contribution is 5.78. The monoisotopic (exact) mass is 318 g/mol. The fraction of sp³-hybridized carbons (Fsp3) is 0.632. The zero-order valence-corrected chi connectivity index (χ0v) is 15.0. The van der Waals surface area contributed by atoms with Crippen LogP contribution in [0.4, 0.5) is 0 Å². The van der Waals surface area contributed by atoms with E-state index in [-0.39, 0.29) is 5.91 Å². The van der Waals surface area contributed by atoms with Gasteiger partial charge in [0.25, 0.3) is 0 Å². The molecule has 0 radical (unpaired) electrons. The average Bonchev–Trinajstić information content (AvgIpc) is 2.48. The lowest BCUT2D eigenvalue weighted by molar-refractivity contribution is -0.132. The van der Waals surface area contributed by atoms with Gasteiger partial charge in [-0.05, 0) is 30.0 Å². The Balaban J connectivity index is 1.80. The average molecular weight is 318 g/mol. The first-order valence-corrected chi connectivity index (χ1v) is 8.59. The summed E-state index contributed by atoms with van der Waals surface area (Å²) in [5.41, 5.74) is 1.37. The Morgan fingerprint density at radius 1 is 1.09 bits per heavy atom. The van der Waals surface area contributed by atoms with Gasteiger partial charge in [-0.3, -0.25) is 9.69 Å². The second-order valence-electron chi connectivity index (χ2n) is 7.47. The molecule has 1 heterocycles. The fourth-order valence-electron chi connectivity index (χ4n) is 2.98. The molecular formula is C19H30N2O2. The van der Waals surface area contributed by atoms with Crippen LogP contribution in [0.15, 0.2) is 24.3 Å². The molecule has 4 nitrogen and oxygen atoms in total. The first-order chi connectivity index (χ1) is 10.9. The van der Waals surface area contributed by atoms with Crippen LogP contribution in [-0.4, -0.2) is 55.0 Å². The predicted octanol–water partition coefficient (Wildman–Crippen LogP) is 2.82. The van der Waals surface area contributed by atoms with Gasteiger partial charge in [0.05, 0.1) is 13.0 Å². The van der Waals surface area contributed by atoms with Gasteiger partial charge >= 0.3 is 0 Å². The van der Waals surface area contributed by atoms with Crippen LogP contribution in [0.2, 0.25) is 0 Å². The van der Waals surface area contributed by atoms with Gasteiger partial charge in [-0.2, -0.15) is 0 Å². The van der Waals surface area contributed by atoms with Crippen LogP contribution in [0.25, 0.3) is 0 Å². The molecule has 0 saturated carbocycles. The molecule has 1 fully saturated rings. The summed E-state index contributed by atoms with van der Waals surface area (Å²) in [5.74, 6) is 1.09. The van der Waals surface area contributed by atoms with Crippen LogP contribution in [0, 0.1) is 5.41 Å². The van der Waals surface area contributed by atoms with E-state index in [1.807, 2.05) is 36.1 Å². The van der Waals surface area contributed by atoms with Crippen molar-refractivity contribution in [2.45, 2.75) is 34.1 Å². The van der Waals surface area contributed by atoms with E-state index in [0.717, 1.165) is 44.0 Å². The third kappa shape index (κ3) is 5.87. The molecule has 23 heavy (non-hydrogen) atoms. The van der Waals surface area contributed by atoms with Crippen molar-refractivity contribution in [3.05, 3.63) is 29.8 Å². The Kier molecular flexibility index (Phi) is 6.05. The lowest BCUT2D eigenvalue weighted by Gasteiger charge is -2.37. The number of rotatable bonds is 5. The topological polar surface area (TPSA) is 32.8 Å². The second-order valence-corrected chi connectivity index (χ2v) is 7.47. The maximum Gasteiger partial charge on any atom is 0.227 e. The number of hydrogen-bond donors (Lipinski definition) is 0. The minimum atomic E-state index is 0.226. The van der Waals surface area contributed by atoms with Crippen molar-refractivity contribution in [3.63, 3.8) is 0 Å². The third-order valence-electron chi connectivity index (χ3n) is 4.01. The van der Waals surface area contributed by atoms with Crippen LogP contribution < -0.4 is 4.74 Å². The van der Waals surface area contributed by atoms with Crippen molar-refractivity contribution in [1.29, 1.82) is 0 Å². The van der Waals surface area contributed by atoms with E-state index in [9.17, 15) is 4.79 Å². The molecular weight excluding hydrogens is 288 g/mol. The Morgan fingerprint density at radius 3 is 2.22 bits per heavy atom. The van der Waals surface area contributed by atoms with Gasteiger partial charge in [0.2, 0.25) is 5.91 Å². The Hall–Kier alpha value is -1.55. The molecule has 0 N–H and O–H groups in total. The van der Waals surface area contributed by atoms with Gasteiger partial charge in [0.1, 0.15) is 5.75 Å². The number of carbonyl (C=O) groups excluding carboxylic acids is 1. The van der Waals surface area contributed by atoms with E-state index in [0.29, 0.717) is 18.4 Å². The number of nitrogens with zero attached hydrogens (tertiary/aromatic N) is 2. The number of piperazine rings is 1. The molecule has 1 aromatic carbocycles. The SMILES string of the molecule is CCOc1ccc(CC(=O)N2CCN(CC(C)(C)C)CC2)cc1. The largest absolute Gasteiger partial charge is 0.494 e. The zero-order valence-electron chi connectivity index (χ0n) is 15.0. The quantitative estimate of drug-likeness (QED) is 0.837. The zero-order chi connectivity index (χ0) is 16.9. The van der Waals surface area contributed by atoms with Gasteiger partial charge < -0.3 is 9.64 Å². The summed E-state index contributed by atoms with van der Waals surface area (Å²) in [6.07, 6.45) is 0.478. The molecule has 0 spiro atoms. The summed E-state index contributed by atoms with van der Waals surface area (Å²) in [4.78, 5) is 16.9. The first kappa shape index (κ1) is 17.8. The molecule has 1 aliphatic rings. The molecule has 1 amide bonds. The van der Waals surface area contributed by atoms with Gasteiger partial charge in [-0.15, -0.1) is 0 Å². The number of ether oxygens (including phenoxy) is 1. The number of hydrogen-bond acceptors (Lipinski definition) is 3. The molecule has 1 saturated heterocycles. The summed E-state index contributed by atoms with van der Waals surface area (Å²) in [6, 6.07) is 7.85. The van der Waals surface area contributed by atoms with Crippen molar-refractivity contribution < 1.29 is 9.53 Å². The summed E-state index contributed by atoms with van der Waals surface area (Å²) < 4.78 is 5.43. The second kappa shape index (κ2) is 7.82. The van der Waals surface area contributed by atoms with Crippen molar-refractivity contribution in [3.8, 4) is 5.75 Å². The molecule has 1 aromatic rings. The molecule has 4 heteroatoms. The van der Waals surface area contributed by atoms with Crippen LogP contribution in [0.3, 0.4) is 0 Å². The molecule has 1 aliphatic heterocycles. The first-order valence-electron chi connectivity index (χ1n) is 8.59. The van der Waals surface area contributed by atoms with E-state index in [1.165, 1.54) is 0 Å². The number of amides is 1. The minimum Gasteiger partial charge on any atom is -0.494 e. The lowest BCUT2D eigenvalue weighted by atomic mass is 9.96. The van der Waals surface area contributed by atoms with E-state index < -0.39 is 0 Å². The normalized spacial score (nSPS) is 16.4. The fourth-order valence-corrected chi connectivity index (χ4v) is 2.98. The van der Waals surface area contributed by atoms with Gasteiger partial charge in [0, 0.05) is 32.7 Å².